The number of hydrogen-bond donors (Lipinski definition) is 1. The molecule has 30 heavy (non-hydrogen) atoms. The smallest absolute Gasteiger partial charge is 0.372 e. The molecule has 0 aliphatic carbocycles. The Morgan fingerprint density at radius 2 is 1.80 bits per heavy atom. The molecule has 0 aliphatic rings. The third-order valence-corrected chi connectivity index (χ3v) is 4.63. The van der Waals surface area contributed by atoms with E-state index in [0.717, 1.165) is 28.9 Å². The molecule has 158 valence electrons. The summed E-state index contributed by atoms with van der Waals surface area (Å²) in [6, 6.07) is 13.8. The summed E-state index contributed by atoms with van der Waals surface area (Å²) in [4.78, 5) is 18.0. The molecule has 0 fully saturated rings. The zero-order valence-electron chi connectivity index (χ0n) is 16.6. The second-order valence-electron chi connectivity index (χ2n) is 6.57. The number of para-hydroxylation sites is 2. The molecule has 3 rings (SSSR count). The number of nitrogens with one attached hydrogen (secondary N) is 1. The molecule has 0 bridgehead atoms. The highest BCUT2D eigenvalue weighted by atomic mass is 19.4. The number of hydrazone groups is 1. The Morgan fingerprint density at radius 1 is 1.13 bits per heavy atom. The van der Waals surface area contributed by atoms with Gasteiger partial charge in [0.2, 0.25) is 5.82 Å². The van der Waals surface area contributed by atoms with Crippen LogP contribution in [0.1, 0.15) is 25.2 Å². The monoisotopic (exact) mass is 417 g/mol. The number of hydrogen-bond acceptors (Lipinski definition) is 4. The maximum atomic E-state index is 13.3. The highest BCUT2D eigenvalue weighted by molar-refractivity contribution is 5.84. The largest absolute Gasteiger partial charge is 0.449 e. The molecule has 3 aromatic rings. The van der Waals surface area contributed by atoms with Crippen molar-refractivity contribution < 1.29 is 18.0 Å². The van der Waals surface area contributed by atoms with Crippen LogP contribution in [0.4, 0.5) is 18.9 Å². The molecule has 0 saturated heterocycles. The summed E-state index contributed by atoms with van der Waals surface area (Å²) in [5.74, 6) is -1.80. The average molecular weight is 417 g/mol. The van der Waals surface area contributed by atoms with Gasteiger partial charge < -0.3 is 9.47 Å². The number of rotatable bonds is 7. The zero-order valence-corrected chi connectivity index (χ0v) is 16.6. The van der Waals surface area contributed by atoms with E-state index < -0.39 is 24.5 Å². The van der Waals surface area contributed by atoms with Crippen molar-refractivity contribution in [2.75, 3.05) is 18.0 Å². The summed E-state index contributed by atoms with van der Waals surface area (Å²) in [5, 5.41) is 3.86. The zero-order chi connectivity index (χ0) is 21.7. The number of alkyl halides is 3. The minimum Gasteiger partial charge on any atom is -0.372 e. The predicted octanol–water partition coefficient (Wildman–Crippen LogP) is 4.05. The molecule has 0 radical (unpaired) electrons. The lowest BCUT2D eigenvalue weighted by atomic mass is 10.2. The molecule has 9 heteroatoms. The van der Waals surface area contributed by atoms with E-state index in [1.807, 2.05) is 24.3 Å². The van der Waals surface area contributed by atoms with Crippen molar-refractivity contribution in [2.24, 2.45) is 5.10 Å². The lowest BCUT2D eigenvalue weighted by Gasteiger charge is -2.20. The molecule has 0 unspecified atom stereocenters. The first kappa shape index (κ1) is 21.4. The fourth-order valence-electron chi connectivity index (χ4n) is 3.17. The van der Waals surface area contributed by atoms with Crippen LogP contribution in [-0.4, -0.2) is 34.8 Å². The van der Waals surface area contributed by atoms with Crippen LogP contribution in [0.3, 0.4) is 0 Å². The number of carbonyl (C=O) groups excluding carboxylic acids is 1. The van der Waals surface area contributed by atoms with Gasteiger partial charge in [0, 0.05) is 18.8 Å². The fraction of sp³-hybridized carbons (Fsp3) is 0.286. The van der Waals surface area contributed by atoms with E-state index in [1.165, 1.54) is 18.3 Å². The molecule has 2 aromatic carbocycles. The number of benzene rings is 2. The minimum absolute atomic E-state index is 0.175. The van der Waals surface area contributed by atoms with Crippen molar-refractivity contribution in [1.29, 1.82) is 0 Å². The number of halogens is 3. The van der Waals surface area contributed by atoms with Crippen LogP contribution in [0.25, 0.3) is 11.0 Å². The Hall–Kier alpha value is -3.36. The molecule has 0 spiro atoms. The second kappa shape index (κ2) is 8.98. The Labute approximate surface area is 172 Å². The molecule has 1 heterocycles. The number of nitrogens with zero attached hydrogens (tertiary/aromatic N) is 4. The van der Waals surface area contributed by atoms with Gasteiger partial charge in [-0.05, 0) is 43.7 Å². The van der Waals surface area contributed by atoms with Gasteiger partial charge in [-0.25, -0.2) is 10.4 Å². The molecule has 1 N–H and O–H groups in total. The third kappa shape index (κ3) is 4.79. The third-order valence-electron chi connectivity index (χ3n) is 4.63. The second-order valence-corrected chi connectivity index (χ2v) is 6.57. The average Bonchev–Trinajstić information content (AvgIpc) is 3.09. The molecular formula is C21H22F3N5O. The van der Waals surface area contributed by atoms with Crippen LogP contribution in [0.5, 0.6) is 0 Å². The molecule has 1 amide bonds. The Balaban J connectivity index is 1.69. The van der Waals surface area contributed by atoms with Crippen molar-refractivity contribution >= 4 is 28.8 Å². The van der Waals surface area contributed by atoms with Crippen molar-refractivity contribution in [3.63, 3.8) is 0 Å². The van der Waals surface area contributed by atoms with Crippen LogP contribution in [0.15, 0.2) is 53.6 Å². The molecule has 6 nitrogen and oxygen atoms in total. The van der Waals surface area contributed by atoms with Crippen LogP contribution in [-0.2, 0) is 17.5 Å². The molecule has 1 aromatic heterocycles. The minimum atomic E-state index is -4.67. The van der Waals surface area contributed by atoms with Crippen molar-refractivity contribution in [3.05, 3.63) is 59.9 Å². The molecule has 0 aliphatic heterocycles. The van der Waals surface area contributed by atoms with Gasteiger partial charge in [0.15, 0.2) is 0 Å². The quantitative estimate of drug-likeness (QED) is 0.466. The van der Waals surface area contributed by atoms with E-state index in [-0.39, 0.29) is 11.0 Å². The van der Waals surface area contributed by atoms with Crippen LogP contribution in [0, 0.1) is 0 Å². The van der Waals surface area contributed by atoms with Gasteiger partial charge in [0.25, 0.3) is 5.91 Å². The summed E-state index contributed by atoms with van der Waals surface area (Å²) in [7, 11) is 0. The lowest BCUT2D eigenvalue weighted by Crippen LogP contribution is -2.26. The van der Waals surface area contributed by atoms with Crippen LogP contribution in [0.2, 0.25) is 0 Å². The number of aromatic nitrogens is 2. The van der Waals surface area contributed by atoms with E-state index in [2.05, 4.69) is 34.3 Å². The van der Waals surface area contributed by atoms with Crippen molar-refractivity contribution in [3.8, 4) is 0 Å². The first-order valence-corrected chi connectivity index (χ1v) is 9.52. The van der Waals surface area contributed by atoms with Crippen LogP contribution >= 0.6 is 0 Å². The number of imidazole rings is 1. The molecular weight excluding hydrogens is 395 g/mol. The number of fused-ring (bicyclic) bond motifs is 1. The molecule has 0 atom stereocenters. The van der Waals surface area contributed by atoms with E-state index in [1.54, 1.807) is 12.1 Å². The predicted molar refractivity (Wildman–Crippen MR) is 110 cm³/mol. The standard InChI is InChI=1S/C21H22F3N5O/c1-3-28(4-2)16-11-9-15(10-12-16)13-25-27-19(30)14-29-18-8-6-5-7-17(18)26-20(29)21(22,23)24/h5-13H,3-4,14H2,1-2H3,(H,27,30). The van der Waals surface area contributed by atoms with E-state index in [0.29, 0.717) is 0 Å². The van der Waals surface area contributed by atoms with Gasteiger partial charge in [-0.3, -0.25) is 4.79 Å². The van der Waals surface area contributed by atoms with Crippen molar-refractivity contribution in [1.82, 2.24) is 15.0 Å². The van der Waals surface area contributed by atoms with Gasteiger partial charge in [-0.1, -0.05) is 24.3 Å². The SMILES string of the molecule is CCN(CC)c1ccc(C=NNC(=O)Cn2c(C(F)(F)F)nc3ccccc32)cc1. The highest BCUT2D eigenvalue weighted by Gasteiger charge is 2.37. The fourth-order valence-corrected chi connectivity index (χ4v) is 3.17. The first-order valence-electron chi connectivity index (χ1n) is 9.52. The topological polar surface area (TPSA) is 62.5 Å². The highest BCUT2D eigenvalue weighted by Crippen LogP contribution is 2.31. The summed E-state index contributed by atoms with van der Waals surface area (Å²) in [6.07, 6.45) is -3.23. The van der Waals surface area contributed by atoms with Gasteiger partial charge in [0.05, 0.1) is 17.2 Å². The molecule has 0 saturated carbocycles. The normalized spacial score (nSPS) is 11.9. The summed E-state index contributed by atoms with van der Waals surface area (Å²) >= 11 is 0. The van der Waals surface area contributed by atoms with E-state index >= 15 is 0 Å². The summed E-state index contributed by atoms with van der Waals surface area (Å²) in [5.41, 5.74) is 4.52. The van der Waals surface area contributed by atoms with Gasteiger partial charge in [-0.15, -0.1) is 0 Å². The number of carbonyl (C=O) groups is 1. The van der Waals surface area contributed by atoms with Gasteiger partial charge >= 0.3 is 6.18 Å². The van der Waals surface area contributed by atoms with Crippen LogP contribution < -0.4 is 10.3 Å². The van der Waals surface area contributed by atoms with E-state index in [9.17, 15) is 18.0 Å². The number of anilines is 1. The van der Waals surface area contributed by atoms with Gasteiger partial charge in [0.1, 0.15) is 6.54 Å². The van der Waals surface area contributed by atoms with E-state index in [4.69, 9.17) is 0 Å². The van der Waals surface area contributed by atoms with Gasteiger partial charge in [-0.2, -0.15) is 18.3 Å². The lowest BCUT2D eigenvalue weighted by molar-refractivity contribution is -0.147. The maximum Gasteiger partial charge on any atom is 0.449 e. The maximum absolute atomic E-state index is 13.3. The summed E-state index contributed by atoms with van der Waals surface area (Å²) in [6.45, 7) is 5.38. The summed E-state index contributed by atoms with van der Waals surface area (Å²) < 4.78 is 40.8. The number of amides is 1. The Kier molecular flexibility index (Phi) is 6.39. The Morgan fingerprint density at radius 3 is 2.43 bits per heavy atom. The Bertz CT molecular complexity index is 1040. The first-order chi connectivity index (χ1) is 14.3. The van der Waals surface area contributed by atoms with Crippen molar-refractivity contribution in [2.45, 2.75) is 26.6 Å².